The van der Waals surface area contributed by atoms with E-state index in [1.165, 1.54) is 37.7 Å². The molecule has 1 fully saturated rings. The summed E-state index contributed by atoms with van der Waals surface area (Å²) in [6.45, 7) is 4.25. The Morgan fingerprint density at radius 1 is 1.05 bits per heavy atom. The number of benzene rings is 1. The molecule has 1 aliphatic carbocycles. The molecule has 0 atom stereocenters. The lowest BCUT2D eigenvalue weighted by atomic mass is 9.69. The average molecular weight is 277 g/mol. The first-order valence-electron chi connectivity index (χ1n) is 7.69. The molecule has 2 rings (SSSR count). The lowest BCUT2D eigenvalue weighted by Crippen LogP contribution is -2.39. The Kier molecular flexibility index (Phi) is 5.30. The van der Waals surface area contributed by atoms with Crippen molar-refractivity contribution in [2.45, 2.75) is 44.4 Å². The Labute approximate surface area is 122 Å². The van der Waals surface area contributed by atoms with Crippen molar-refractivity contribution < 1.29 is 9.47 Å². The van der Waals surface area contributed by atoms with E-state index >= 15 is 0 Å². The molecule has 1 aromatic rings. The quantitative estimate of drug-likeness (QED) is 0.863. The van der Waals surface area contributed by atoms with Crippen LogP contribution >= 0.6 is 0 Å². The fourth-order valence-corrected chi connectivity index (χ4v) is 3.33. The van der Waals surface area contributed by atoms with Crippen molar-refractivity contribution in [3.8, 4) is 11.5 Å². The first kappa shape index (κ1) is 15.2. The van der Waals surface area contributed by atoms with Gasteiger partial charge in [-0.15, -0.1) is 0 Å². The van der Waals surface area contributed by atoms with Crippen molar-refractivity contribution in [1.82, 2.24) is 5.32 Å². The highest BCUT2D eigenvalue weighted by molar-refractivity contribution is 5.45. The second-order valence-corrected chi connectivity index (χ2v) is 5.69. The number of nitrogens with one attached hydrogen (secondary N) is 1. The van der Waals surface area contributed by atoms with Crippen molar-refractivity contribution in [3.63, 3.8) is 0 Å². The minimum Gasteiger partial charge on any atom is -0.493 e. The maximum atomic E-state index is 5.47. The van der Waals surface area contributed by atoms with E-state index in [1.54, 1.807) is 14.2 Å². The van der Waals surface area contributed by atoms with E-state index in [-0.39, 0.29) is 5.41 Å². The third-order valence-corrected chi connectivity index (χ3v) is 4.52. The van der Waals surface area contributed by atoms with Gasteiger partial charge in [0.2, 0.25) is 0 Å². The molecule has 3 heteroatoms. The SMILES string of the molecule is CCNCC1(c2ccc(OC)c(OC)c2)CCCCC1. The van der Waals surface area contributed by atoms with Gasteiger partial charge in [0, 0.05) is 12.0 Å². The van der Waals surface area contributed by atoms with Gasteiger partial charge >= 0.3 is 0 Å². The van der Waals surface area contributed by atoms with E-state index in [2.05, 4.69) is 24.4 Å². The molecule has 112 valence electrons. The largest absolute Gasteiger partial charge is 0.493 e. The molecule has 0 aromatic heterocycles. The van der Waals surface area contributed by atoms with Crippen LogP contribution in [0.4, 0.5) is 0 Å². The van der Waals surface area contributed by atoms with Crippen LogP contribution < -0.4 is 14.8 Å². The summed E-state index contributed by atoms with van der Waals surface area (Å²) in [7, 11) is 3.39. The van der Waals surface area contributed by atoms with Crippen LogP contribution in [0.15, 0.2) is 18.2 Å². The monoisotopic (exact) mass is 277 g/mol. The molecule has 0 bridgehead atoms. The topological polar surface area (TPSA) is 30.5 Å². The van der Waals surface area contributed by atoms with Gasteiger partial charge in [-0.3, -0.25) is 0 Å². The second-order valence-electron chi connectivity index (χ2n) is 5.69. The maximum absolute atomic E-state index is 5.47. The fraction of sp³-hybridized carbons (Fsp3) is 0.647. The standard InChI is InChI=1S/C17H27NO2/c1-4-18-13-17(10-6-5-7-11-17)14-8-9-15(19-2)16(12-14)20-3/h8-9,12,18H,4-7,10-11,13H2,1-3H3. The first-order valence-corrected chi connectivity index (χ1v) is 7.69. The summed E-state index contributed by atoms with van der Waals surface area (Å²) in [4.78, 5) is 0. The van der Waals surface area contributed by atoms with E-state index in [1.807, 2.05) is 6.07 Å². The second kappa shape index (κ2) is 6.98. The molecule has 0 unspecified atom stereocenters. The van der Waals surface area contributed by atoms with E-state index in [4.69, 9.17) is 9.47 Å². The maximum Gasteiger partial charge on any atom is 0.161 e. The predicted molar refractivity (Wildman–Crippen MR) is 82.9 cm³/mol. The summed E-state index contributed by atoms with van der Waals surface area (Å²) in [5, 5.41) is 3.55. The Morgan fingerprint density at radius 2 is 1.75 bits per heavy atom. The highest BCUT2D eigenvalue weighted by atomic mass is 16.5. The summed E-state index contributed by atoms with van der Waals surface area (Å²) in [6.07, 6.45) is 6.52. The van der Waals surface area contributed by atoms with Crippen LogP contribution in [-0.4, -0.2) is 27.3 Å². The third kappa shape index (κ3) is 3.09. The molecule has 1 aliphatic rings. The van der Waals surface area contributed by atoms with E-state index in [9.17, 15) is 0 Å². The van der Waals surface area contributed by atoms with Crippen molar-refractivity contribution in [2.24, 2.45) is 0 Å². The third-order valence-electron chi connectivity index (χ3n) is 4.52. The van der Waals surface area contributed by atoms with Crippen molar-refractivity contribution in [2.75, 3.05) is 27.3 Å². The zero-order chi connectivity index (χ0) is 14.4. The molecule has 0 spiro atoms. The minimum atomic E-state index is 0.258. The van der Waals surface area contributed by atoms with Crippen LogP contribution in [0.1, 0.15) is 44.6 Å². The van der Waals surface area contributed by atoms with E-state index in [0.29, 0.717) is 0 Å². The van der Waals surface area contributed by atoms with E-state index < -0.39 is 0 Å². The number of rotatable bonds is 6. The van der Waals surface area contributed by atoms with E-state index in [0.717, 1.165) is 24.6 Å². The lowest BCUT2D eigenvalue weighted by Gasteiger charge is -2.38. The number of likely N-dealkylation sites (N-methyl/N-ethyl adjacent to an activating group) is 1. The Hall–Kier alpha value is -1.22. The number of hydrogen-bond donors (Lipinski definition) is 1. The minimum absolute atomic E-state index is 0.258. The van der Waals surface area contributed by atoms with Gasteiger partial charge in [-0.1, -0.05) is 32.3 Å². The highest BCUT2D eigenvalue weighted by Gasteiger charge is 2.34. The highest BCUT2D eigenvalue weighted by Crippen LogP contribution is 2.41. The summed E-state index contributed by atoms with van der Waals surface area (Å²) in [6, 6.07) is 6.42. The van der Waals surface area contributed by atoms with Crippen molar-refractivity contribution >= 4 is 0 Å². The lowest BCUT2D eigenvalue weighted by molar-refractivity contribution is 0.279. The molecule has 1 saturated carbocycles. The number of hydrogen-bond acceptors (Lipinski definition) is 3. The smallest absolute Gasteiger partial charge is 0.161 e. The zero-order valence-electron chi connectivity index (χ0n) is 13.0. The van der Waals surface area contributed by atoms with Crippen molar-refractivity contribution in [1.29, 1.82) is 0 Å². The molecule has 1 aromatic carbocycles. The van der Waals surface area contributed by atoms with Crippen LogP contribution in [0.3, 0.4) is 0 Å². The van der Waals surface area contributed by atoms with Crippen LogP contribution in [0, 0.1) is 0 Å². The summed E-state index contributed by atoms with van der Waals surface area (Å²) in [5.41, 5.74) is 1.64. The van der Waals surface area contributed by atoms with Gasteiger partial charge < -0.3 is 14.8 Å². The van der Waals surface area contributed by atoms with Gasteiger partial charge in [0.15, 0.2) is 11.5 Å². The Morgan fingerprint density at radius 3 is 2.35 bits per heavy atom. The van der Waals surface area contributed by atoms with Crippen LogP contribution in [-0.2, 0) is 5.41 Å². The fourth-order valence-electron chi connectivity index (χ4n) is 3.33. The summed E-state index contributed by atoms with van der Waals surface area (Å²) in [5.74, 6) is 1.65. The predicted octanol–water partition coefficient (Wildman–Crippen LogP) is 3.52. The van der Waals surface area contributed by atoms with Crippen LogP contribution in [0.25, 0.3) is 0 Å². The van der Waals surface area contributed by atoms with Crippen LogP contribution in [0.5, 0.6) is 11.5 Å². The molecule has 0 radical (unpaired) electrons. The van der Waals surface area contributed by atoms with Gasteiger partial charge in [-0.25, -0.2) is 0 Å². The van der Waals surface area contributed by atoms with Crippen molar-refractivity contribution in [3.05, 3.63) is 23.8 Å². The Balaban J connectivity index is 2.32. The molecule has 0 amide bonds. The number of ether oxygens (including phenoxy) is 2. The summed E-state index contributed by atoms with van der Waals surface area (Å²) < 4.78 is 10.8. The summed E-state index contributed by atoms with van der Waals surface area (Å²) >= 11 is 0. The molecule has 3 nitrogen and oxygen atoms in total. The van der Waals surface area contributed by atoms with Gasteiger partial charge in [-0.2, -0.15) is 0 Å². The normalized spacial score (nSPS) is 17.8. The first-order chi connectivity index (χ1) is 9.75. The van der Waals surface area contributed by atoms with Crippen LogP contribution in [0.2, 0.25) is 0 Å². The molecule has 20 heavy (non-hydrogen) atoms. The van der Waals surface area contributed by atoms with Gasteiger partial charge in [0.25, 0.3) is 0 Å². The molecule has 1 N–H and O–H groups in total. The molecule has 0 heterocycles. The average Bonchev–Trinajstić information content (AvgIpc) is 2.53. The molecule has 0 aliphatic heterocycles. The molecular formula is C17H27NO2. The number of methoxy groups -OCH3 is 2. The molecule has 0 saturated heterocycles. The zero-order valence-corrected chi connectivity index (χ0v) is 13.0. The van der Waals surface area contributed by atoms with Gasteiger partial charge in [0.1, 0.15) is 0 Å². The van der Waals surface area contributed by atoms with Gasteiger partial charge in [0.05, 0.1) is 14.2 Å². The van der Waals surface area contributed by atoms with Gasteiger partial charge in [-0.05, 0) is 37.1 Å². The Bertz CT molecular complexity index is 425. The molecular weight excluding hydrogens is 250 g/mol.